The van der Waals surface area contributed by atoms with Crippen LogP contribution in [0.2, 0.25) is 5.02 Å². The van der Waals surface area contributed by atoms with Gasteiger partial charge in [-0.1, -0.05) is 11.6 Å². The summed E-state index contributed by atoms with van der Waals surface area (Å²) in [5.74, 6) is -0.738. The minimum Gasteiger partial charge on any atom is -0.479 e. The zero-order chi connectivity index (χ0) is 13.1. The van der Waals surface area contributed by atoms with Crippen LogP contribution >= 0.6 is 11.6 Å². The van der Waals surface area contributed by atoms with Gasteiger partial charge in [-0.25, -0.2) is 14.8 Å². The van der Waals surface area contributed by atoms with Crippen molar-refractivity contribution < 1.29 is 14.6 Å². The van der Waals surface area contributed by atoms with Crippen molar-refractivity contribution >= 4 is 17.6 Å². The Kier molecular flexibility index (Phi) is 3.43. The summed E-state index contributed by atoms with van der Waals surface area (Å²) < 4.78 is 5.08. The summed E-state index contributed by atoms with van der Waals surface area (Å²) in [7, 11) is 1.47. The molecule has 0 bridgehead atoms. The molecule has 2 rings (SSSR count). The minimum absolute atomic E-state index is 0.0882. The fourth-order valence-corrected chi connectivity index (χ4v) is 1.76. The molecule has 6 heteroatoms. The van der Waals surface area contributed by atoms with Gasteiger partial charge in [-0.05, 0) is 18.2 Å². The second kappa shape index (κ2) is 5.01. The molecule has 1 aromatic carbocycles. The molecule has 1 aromatic heterocycles. The van der Waals surface area contributed by atoms with E-state index < -0.39 is 5.97 Å². The van der Waals surface area contributed by atoms with Crippen molar-refractivity contribution in [2.45, 2.75) is 0 Å². The normalized spacial score (nSPS) is 10.1. The van der Waals surface area contributed by atoms with Crippen LogP contribution in [0.25, 0.3) is 11.3 Å². The van der Waals surface area contributed by atoms with E-state index >= 15 is 0 Å². The van der Waals surface area contributed by atoms with Crippen LogP contribution in [0.15, 0.2) is 30.6 Å². The van der Waals surface area contributed by atoms with Crippen LogP contribution in [0.3, 0.4) is 0 Å². The van der Waals surface area contributed by atoms with E-state index in [0.29, 0.717) is 22.2 Å². The highest BCUT2D eigenvalue weighted by Gasteiger charge is 2.12. The van der Waals surface area contributed by atoms with E-state index in [1.54, 1.807) is 6.07 Å². The van der Waals surface area contributed by atoms with E-state index in [1.165, 1.54) is 31.6 Å². The van der Waals surface area contributed by atoms with Crippen LogP contribution in [-0.4, -0.2) is 28.2 Å². The van der Waals surface area contributed by atoms with Crippen molar-refractivity contribution in [2.24, 2.45) is 0 Å². The first kappa shape index (κ1) is 12.3. The van der Waals surface area contributed by atoms with Crippen LogP contribution in [0.5, 0.6) is 5.88 Å². The molecule has 1 N–H and O–H groups in total. The predicted molar refractivity (Wildman–Crippen MR) is 66.0 cm³/mol. The summed E-state index contributed by atoms with van der Waals surface area (Å²) in [4.78, 5) is 19.1. The molecule has 0 saturated heterocycles. The Labute approximate surface area is 108 Å². The molecule has 2 aromatic rings. The molecule has 18 heavy (non-hydrogen) atoms. The van der Waals surface area contributed by atoms with E-state index in [1.807, 2.05) is 0 Å². The van der Waals surface area contributed by atoms with Gasteiger partial charge in [0.2, 0.25) is 5.88 Å². The third-order valence-corrected chi connectivity index (χ3v) is 2.49. The van der Waals surface area contributed by atoms with E-state index in [2.05, 4.69) is 9.97 Å². The lowest BCUT2D eigenvalue weighted by atomic mass is 10.1. The smallest absolute Gasteiger partial charge is 0.335 e. The molecule has 0 amide bonds. The molecule has 0 unspecified atom stereocenters. The molecular weight excluding hydrogens is 256 g/mol. The van der Waals surface area contributed by atoms with Gasteiger partial charge in [0.25, 0.3) is 0 Å². The molecule has 0 aliphatic heterocycles. The second-order valence-electron chi connectivity index (χ2n) is 3.45. The number of carbonyl (C=O) groups is 1. The highest BCUT2D eigenvalue weighted by molar-refractivity contribution is 6.31. The molecule has 0 saturated carbocycles. The van der Waals surface area contributed by atoms with Crippen molar-refractivity contribution in [3.8, 4) is 17.1 Å². The molecule has 92 valence electrons. The van der Waals surface area contributed by atoms with Crippen LogP contribution in [0.1, 0.15) is 10.4 Å². The lowest BCUT2D eigenvalue weighted by Gasteiger charge is -2.07. The quantitative estimate of drug-likeness (QED) is 0.922. The van der Waals surface area contributed by atoms with E-state index in [9.17, 15) is 4.79 Å². The number of rotatable bonds is 3. The van der Waals surface area contributed by atoms with Gasteiger partial charge in [0, 0.05) is 23.0 Å². The van der Waals surface area contributed by atoms with Crippen molar-refractivity contribution in [2.75, 3.05) is 7.11 Å². The Morgan fingerprint density at radius 3 is 2.67 bits per heavy atom. The van der Waals surface area contributed by atoms with Gasteiger partial charge in [-0.15, -0.1) is 0 Å². The minimum atomic E-state index is -1.05. The number of hydrogen-bond donors (Lipinski definition) is 1. The average molecular weight is 265 g/mol. The first-order valence-electron chi connectivity index (χ1n) is 5.01. The first-order valence-corrected chi connectivity index (χ1v) is 5.39. The summed E-state index contributed by atoms with van der Waals surface area (Å²) in [5, 5.41) is 9.30. The van der Waals surface area contributed by atoms with Gasteiger partial charge < -0.3 is 9.84 Å². The number of methoxy groups -OCH3 is 1. The molecule has 0 atom stereocenters. The van der Waals surface area contributed by atoms with Gasteiger partial charge in [0.05, 0.1) is 12.7 Å². The molecule has 0 aliphatic rings. The van der Waals surface area contributed by atoms with Gasteiger partial charge in [-0.3, -0.25) is 0 Å². The molecule has 0 fully saturated rings. The van der Waals surface area contributed by atoms with Gasteiger partial charge in [0.1, 0.15) is 5.69 Å². The summed E-state index contributed by atoms with van der Waals surface area (Å²) in [6.07, 6.45) is 2.99. The summed E-state index contributed by atoms with van der Waals surface area (Å²) in [5.41, 5.74) is 1.08. The number of benzene rings is 1. The van der Waals surface area contributed by atoms with Gasteiger partial charge in [-0.2, -0.15) is 0 Å². The zero-order valence-corrected chi connectivity index (χ0v) is 10.2. The van der Waals surface area contributed by atoms with Gasteiger partial charge in [0.15, 0.2) is 0 Å². The Balaban J connectivity index is 2.60. The third kappa shape index (κ3) is 2.41. The number of halogens is 1. The summed E-state index contributed by atoms with van der Waals surface area (Å²) in [6.45, 7) is 0. The molecule has 0 spiro atoms. The third-order valence-electron chi connectivity index (χ3n) is 2.28. The standard InChI is InChI=1S/C12H9ClN2O3/c1-18-11-10(14-2-3-15-11)7-4-8(12(16)17)6-9(13)5-7/h2-6H,1H3,(H,16,17). The number of aromatic nitrogens is 2. The number of hydrogen-bond acceptors (Lipinski definition) is 4. The Morgan fingerprint density at radius 2 is 2.00 bits per heavy atom. The van der Waals surface area contributed by atoms with Crippen LogP contribution in [-0.2, 0) is 0 Å². The maximum absolute atomic E-state index is 11.0. The second-order valence-corrected chi connectivity index (χ2v) is 3.88. The molecule has 5 nitrogen and oxygen atoms in total. The summed E-state index contributed by atoms with van der Waals surface area (Å²) >= 11 is 5.89. The fraction of sp³-hybridized carbons (Fsp3) is 0.0833. The van der Waals surface area contributed by atoms with Crippen molar-refractivity contribution in [3.63, 3.8) is 0 Å². The van der Waals surface area contributed by atoms with Crippen molar-refractivity contribution in [1.82, 2.24) is 9.97 Å². The van der Waals surface area contributed by atoms with E-state index in [4.69, 9.17) is 21.4 Å². The van der Waals surface area contributed by atoms with Crippen molar-refractivity contribution in [1.29, 1.82) is 0 Å². The number of carboxylic acid groups (broad SMARTS) is 1. The van der Waals surface area contributed by atoms with E-state index in [-0.39, 0.29) is 5.56 Å². The SMILES string of the molecule is COc1nccnc1-c1cc(Cl)cc(C(=O)O)c1. The van der Waals surface area contributed by atoms with Gasteiger partial charge >= 0.3 is 5.97 Å². The monoisotopic (exact) mass is 264 g/mol. The lowest BCUT2D eigenvalue weighted by molar-refractivity contribution is 0.0697. The number of ether oxygens (including phenoxy) is 1. The number of aromatic carboxylic acids is 1. The predicted octanol–water partition coefficient (Wildman–Crippen LogP) is 2.50. The highest BCUT2D eigenvalue weighted by atomic mass is 35.5. The molecule has 0 aliphatic carbocycles. The number of carboxylic acids is 1. The summed E-state index contributed by atoms with van der Waals surface area (Å²) in [6, 6.07) is 4.46. The zero-order valence-electron chi connectivity index (χ0n) is 9.42. The first-order chi connectivity index (χ1) is 8.61. The Hall–Kier alpha value is -2.14. The van der Waals surface area contributed by atoms with E-state index in [0.717, 1.165) is 0 Å². The molecular formula is C12H9ClN2O3. The van der Waals surface area contributed by atoms with Crippen LogP contribution in [0.4, 0.5) is 0 Å². The topological polar surface area (TPSA) is 72.3 Å². The fourth-order valence-electron chi connectivity index (χ4n) is 1.52. The largest absolute Gasteiger partial charge is 0.479 e. The average Bonchev–Trinajstić information content (AvgIpc) is 2.38. The highest BCUT2D eigenvalue weighted by Crippen LogP contribution is 2.28. The van der Waals surface area contributed by atoms with Crippen LogP contribution in [0, 0.1) is 0 Å². The van der Waals surface area contributed by atoms with Crippen molar-refractivity contribution in [3.05, 3.63) is 41.2 Å². The molecule has 1 heterocycles. The Morgan fingerprint density at radius 1 is 1.28 bits per heavy atom. The maximum Gasteiger partial charge on any atom is 0.335 e. The maximum atomic E-state index is 11.0. The molecule has 0 radical (unpaired) electrons. The van der Waals surface area contributed by atoms with Crippen LogP contribution < -0.4 is 4.74 Å². The lowest BCUT2D eigenvalue weighted by Crippen LogP contribution is -1.98. The number of nitrogens with zero attached hydrogens (tertiary/aromatic N) is 2. The Bertz CT molecular complexity index is 602.